The van der Waals surface area contributed by atoms with Gasteiger partial charge in [-0.25, -0.2) is 4.39 Å². The summed E-state index contributed by atoms with van der Waals surface area (Å²) in [6, 6.07) is 13.3. The Morgan fingerprint density at radius 1 is 1.10 bits per heavy atom. The number of rotatable bonds is 4. The third-order valence-electron chi connectivity index (χ3n) is 3.31. The van der Waals surface area contributed by atoms with Gasteiger partial charge in [-0.1, -0.05) is 49.7 Å². The Kier molecular flexibility index (Phi) is 4.97. The summed E-state index contributed by atoms with van der Waals surface area (Å²) in [5.41, 5.74) is 1.06. The quantitative estimate of drug-likeness (QED) is 0.859. The Balaban J connectivity index is 2.24. The van der Waals surface area contributed by atoms with Crippen molar-refractivity contribution in [3.05, 3.63) is 64.9 Å². The van der Waals surface area contributed by atoms with Crippen molar-refractivity contribution in [1.29, 1.82) is 0 Å². The predicted molar refractivity (Wildman–Crippen MR) is 84.1 cm³/mol. The summed E-state index contributed by atoms with van der Waals surface area (Å²) < 4.78 is 13.6. The lowest BCUT2D eigenvalue weighted by Gasteiger charge is -2.21. The monoisotopic (exact) mass is 305 g/mol. The topological polar surface area (TPSA) is 29.1 Å². The number of para-hydroxylation sites is 1. The summed E-state index contributed by atoms with van der Waals surface area (Å²) in [7, 11) is 0. The molecule has 0 spiro atoms. The number of hydrogen-bond acceptors (Lipinski definition) is 1. The fourth-order valence-electron chi connectivity index (χ4n) is 2.28. The smallest absolute Gasteiger partial charge is 0.232 e. The molecule has 0 saturated carbocycles. The van der Waals surface area contributed by atoms with Crippen LogP contribution >= 0.6 is 11.6 Å². The van der Waals surface area contributed by atoms with Crippen molar-refractivity contribution < 1.29 is 9.18 Å². The number of amides is 1. The third-order valence-corrected chi connectivity index (χ3v) is 3.56. The first kappa shape index (κ1) is 15.5. The molecule has 0 aromatic heterocycles. The second-order valence-electron chi connectivity index (χ2n) is 5.24. The first-order chi connectivity index (χ1) is 9.99. The van der Waals surface area contributed by atoms with Crippen molar-refractivity contribution in [2.75, 3.05) is 5.32 Å². The first-order valence-corrected chi connectivity index (χ1v) is 7.17. The van der Waals surface area contributed by atoms with Crippen LogP contribution in [0.25, 0.3) is 0 Å². The summed E-state index contributed by atoms with van der Waals surface area (Å²) in [6.07, 6.45) is 0. The maximum absolute atomic E-state index is 13.6. The maximum atomic E-state index is 13.6. The molecule has 1 N–H and O–H groups in total. The van der Waals surface area contributed by atoms with Crippen LogP contribution < -0.4 is 5.32 Å². The summed E-state index contributed by atoms with van der Waals surface area (Å²) in [6.45, 7) is 3.92. The summed E-state index contributed by atoms with van der Waals surface area (Å²) in [5, 5.41) is 3.28. The molecule has 2 nitrogen and oxygen atoms in total. The lowest BCUT2D eigenvalue weighted by atomic mass is 9.87. The zero-order chi connectivity index (χ0) is 15.4. The Bertz CT molecular complexity index is 625. The van der Waals surface area contributed by atoms with E-state index >= 15 is 0 Å². The van der Waals surface area contributed by atoms with E-state index < -0.39 is 5.82 Å². The van der Waals surface area contributed by atoms with E-state index in [4.69, 9.17) is 11.6 Å². The molecule has 21 heavy (non-hydrogen) atoms. The molecule has 0 aliphatic heterocycles. The van der Waals surface area contributed by atoms with Gasteiger partial charge in [-0.05, 0) is 35.7 Å². The van der Waals surface area contributed by atoms with Crippen LogP contribution in [0.2, 0.25) is 5.02 Å². The fraction of sp³-hybridized carbons (Fsp3) is 0.235. The Morgan fingerprint density at radius 3 is 2.29 bits per heavy atom. The highest BCUT2D eigenvalue weighted by molar-refractivity contribution is 6.30. The van der Waals surface area contributed by atoms with E-state index in [0.717, 1.165) is 5.56 Å². The second-order valence-corrected chi connectivity index (χ2v) is 5.68. The number of hydrogen-bond donors (Lipinski definition) is 1. The number of carbonyl (C=O) groups excluding carboxylic acids is 1. The molecule has 0 unspecified atom stereocenters. The van der Waals surface area contributed by atoms with E-state index in [0.29, 0.717) is 5.02 Å². The molecule has 0 radical (unpaired) electrons. The average Bonchev–Trinajstić information content (AvgIpc) is 2.43. The van der Waals surface area contributed by atoms with E-state index in [1.54, 1.807) is 30.3 Å². The minimum Gasteiger partial charge on any atom is -0.323 e. The molecule has 0 aliphatic carbocycles. The number of carbonyl (C=O) groups is 1. The number of nitrogens with one attached hydrogen (secondary N) is 1. The Labute approximate surface area is 128 Å². The molecule has 4 heteroatoms. The van der Waals surface area contributed by atoms with Crippen LogP contribution in [-0.4, -0.2) is 5.91 Å². The van der Waals surface area contributed by atoms with E-state index in [-0.39, 0.29) is 23.4 Å². The lowest BCUT2D eigenvalue weighted by molar-refractivity contribution is -0.118. The van der Waals surface area contributed by atoms with Crippen LogP contribution in [0.3, 0.4) is 0 Å². The van der Waals surface area contributed by atoms with Crippen LogP contribution in [0.15, 0.2) is 48.5 Å². The molecule has 2 aromatic rings. The van der Waals surface area contributed by atoms with Crippen molar-refractivity contribution in [2.45, 2.75) is 19.8 Å². The average molecular weight is 306 g/mol. The van der Waals surface area contributed by atoms with Gasteiger partial charge in [0.1, 0.15) is 5.82 Å². The number of anilines is 1. The van der Waals surface area contributed by atoms with Gasteiger partial charge in [0.15, 0.2) is 0 Å². The van der Waals surface area contributed by atoms with E-state index in [1.807, 2.05) is 26.0 Å². The van der Waals surface area contributed by atoms with Gasteiger partial charge in [0.2, 0.25) is 5.91 Å². The second kappa shape index (κ2) is 6.72. The lowest BCUT2D eigenvalue weighted by Crippen LogP contribution is -2.25. The van der Waals surface area contributed by atoms with Gasteiger partial charge >= 0.3 is 0 Å². The molecule has 0 aliphatic rings. The standard InChI is InChI=1S/C17H17ClFNO/c1-11(2)16(12-7-9-13(18)10-8-12)17(21)20-15-6-4-3-5-14(15)19/h3-11,16H,1-2H3,(H,20,21)/t16-/m0/s1. The van der Waals surface area contributed by atoms with Gasteiger partial charge in [0, 0.05) is 5.02 Å². The van der Waals surface area contributed by atoms with Crippen LogP contribution in [-0.2, 0) is 4.79 Å². The van der Waals surface area contributed by atoms with Gasteiger partial charge in [-0.3, -0.25) is 4.79 Å². The van der Waals surface area contributed by atoms with Crippen molar-refractivity contribution in [3.8, 4) is 0 Å². The van der Waals surface area contributed by atoms with Crippen molar-refractivity contribution in [2.24, 2.45) is 5.92 Å². The molecule has 1 amide bonds. The number of halogens is 2. The molecular weight excluding hydrogens is 289 g/mol. The minimum absolute atomic E-state index is 0.0814. The molecule has 0 bridgehead atoms. The van der Waals surface area contributed by atoms with Crippen LogP contribution in [0.1, 0.15) is 25.3 Å². The number of benzene rings is 2. The van der Waals surface area contributed by atoms with Gasteiger partial charge < -0.3 is 5.32 Å². The van der Waals surface area contributed by atoms with Crippen molar-refractivity contribution >= 4 is 23.2 Å². The summed E-state index contributed by atoms with van der Waals surface area (Å²) >= 11 is 5.88. The van der Waals surface area contributed by atoms with Gasteiger partial charge in [-0.2, -0.15) is 0 Å². The molecule has 0 fully saturated rings. The predicted octanol–water partition coefficient (Wildman–Crippen LogP) is 4.86. The molecule has 0 heterocycles. The molecule has 110 valence electrons. The first-order valence-electron chi connectivity index (χ1n) is 6.80. The third kappa shape index (κ3) is 3.82. The highest BCUT2D eigenvalue weighted by Crippen LogP contribution is 2.27. The van der Waals surface area contributed by atoms with Gasteiger partial charge in [0.05, 0.1) is 11.6 Å². The zero-order valence-corrected chi connectivity index (χ0v) is 12.7. The summed E-state index contributed by atoms with van der Waals surface area (Å²) in [5.74, 6) is -0.943. The molecular formula is C17H17ClFNO. The minimum atomic E-state index is -0.440. The van der Waals surface area contributed by atoms with Gasteiger partial charge in [0.25, 0.3) is 0 Å². The Morgan fingerprint density at radius 2 is 1.71 bits per heavy atom. The van der Waals surface area contributed by atoms with Crippen LogP contribution in [0.4, 0.5) is 10.1 Å². The van der Waals surface area contributed by atoms with Crippen molar-refractivity contribution in [3.63, 3.8) is 0 Å². The highest BCUT2D eigenvalue weighted by atomic mass is 35.5. The molecule has 2 aromatic carbocycles. The van der Waals surface area contributed by atoms with E-state index in [1.165, 1.54) is 6.07 Å². The normalized spacial score (nSPS) is 12.2. The van der Waals surface area contributed by atoms with Gasteiger partial charge in [-0.15, -0.1) is 0 Å². The highest BCUT2D eigenvalue weighted by Gasteiger charge is 2.24. The SMILES string of the molecule is CC(C)[C@H](C(=O)Nc1ccccc1F)c1ccc(Cl)cc1. The van der Waals surface area contributed by atoms with Crippen LogP contribution in [0, 0.1) is 11.7 Å². The van der Waals surface area contributed by atoms with E-state index in [9.17, 15) is 9.18 Å². The molecule has 2 rings (SSSR count). The van der Waals surface area contributed by atoms with Crippen LogP contribution in [0.5, 0.6) is 0 Å². The van der Waals surface area contributed by atoms with E-state index in [2.05, 4.69) is 5.32 Å². The Hall–Kier alpha value is -1.87. The molecule has 1 atom stereocenters. The summed E-state index contributed by atoms with van der Waals surface area (Å²) in [4.78, 5) is 12.5. The zero-order valence-electron chi connectivity index (χ0n) is 11.9. The van der Waals surface area contributed by atoms with Crippen molar-refractivity contribution in [1.82, 2.24) is 0 Å². The molecule has 0 saturated heterocycles. The maximum Gasteiger partial charge on any atom is 0.232 e. The largest absolute Gasteiger partial charge is 0.323 e. The fourth-order valence-corrected chi connectivity index (χ4v) is 2.41.